The van der Waals surface area contributed by atoms with E-state index < -0.39 is 0 Å². The lowest BCUT2D eigenvalue weighted by Gasteiger charge is -2.24. The number of rotatable bonds is 5. The summed E-state index contributed by atoms with van der Waals surface area (Å²) in [5.41, 5.74) is 0.968. The number of carbonyl (C=O) groups is 1. The van der Waals surface area contributed by atoms with E-state index in [9.17, 15) is 4.79 Å². The van der Waals surface area contributed by atoms with E-state index in [1.807, 2.05) is 24.3 Å². The molecule has 0 saturated heterocycles. The molecule has 4 atom stereocenters. The number of nitrogens with one attached hydrogen (secondary N) is 2. The first-order valence-corrected chi connectivity index (χ1v) is 8.36. The summed E-state index contributed by atoms with van der Waals surface area (Å²) in [6.07, 6.45) is 4.84. The zero-order chi connectivity index (χ0) is 15.5. The highest BCUT2D eigenvalue weighted by Gasteiger charge is 2.40. The fourth-order valence-electron chi connectivity index (χ4n) is 3.87. The predicted molar refractivity (Wildman–Crippen MR) is 87.0 cm³/mol. The Hall–Kier alpha value is -1.26. The molecule has 22 heavy (non-hydrogen) atoms. The van der Waals surface area contributed by atoms with Gasteiger partial charge in [0.25, 0.3) is 0 Å². The summed E-state index contributed by atoms with van der Waals surface area (Å²) in [7, 11) is 1.64. The van der Waals surface area contributed by atoms with E-state index in [0.717, 1.165) is 17.9 Å². The molecule has 0 heterocycles. The lowest BCUT2D eigenvalue weighted by atomic mass is 9.95. The number of ether oxygens (including phenoxy) is 1. The molecule has 5 heteroatoms. The average Bonchev–Trinajstić information content (AvgIpc) is 3.10. The van der Waals surface area contributed by atoms with Crippen LogP contribution in [0.15, 0.2) is 24.3 Å². The minimum absolute atomic E-state index is 0.0957. The van der Waals surface area contributed by atoms with Crippen molar-refractivity contribution in [3.63, 3.8) is 0 Å². The molecule has 0 radical (unpaired) electrons. The number of hydrogen-bond acceptors (Lipinski definition) is 2. The van der Waals surface area contributed by atoms with Crippen molar-refractivity contribution in [3.8, 4) is 0 Å². The molecule has 2 aliphatic carbocycles. The minimum atomic E-state index is -0.190. The van der Waals surface area contributed by atoms with Crippen molar-refractivity contribution in [2.45, 2.75) is 37.8 Å². The van der Waals surface area contributed by atoms with Crippen LogP contribution in [0.1, 0.15) is 37.4 Å². The van der Waals surface area contributed by atoms with Crippen LogP contribution in [-0.4, -0.2) is 25.7 Å². The van der Waals surface area contributed by atoms with E-state index in [2.05, 4.69) is 10.6 Å². The summed E-state index contributed by atoms with van der Waals surface area (Å²) < 4.78 is 5.46. The van der Waals surface area contributed by atoms with Crippen LogP contribution in [-0.2, 0) is 4.74 Å². The van der Waals surface area contributed by atoms with Gasteiger partial charge in [0.2, 0.25) is 0 Å². The number of methoxy groups -OCH3 is 1. The third-order valence-electron chi connectivity index (χ3n) is 5.01. The number of carbonyl (C=O) groups excluding carboxylic acids is 1. The van der Waals surface area contributed by atoms with Crippen LogP contribution in [0.2, 0.25) is 5.02 Å². The van der Waals surface area contributed by atoms with Crippen molar-refractivity contribution < 1.29 is 9.53 Å². The molecule has 1 aromatic carbocycles. The van der Waals surface area contributed by atoms with E-state index in [0.29, 0.717) is 23.5 Å². The Morgan fingerprint density at radius 3 is 2.91 bits per heavy atom. The van der Waals surface area contributed by atoms with Gasteiger partial charge in [-0.25, -0.2) is 4.79 Å². The normalized spacial score (nSPS) is 27.6. The van der Waals surface area contributed by atoms with Crippen molar-refractivity contribution >= 4 is 17.6 Å². The molecule has 3 rings (SSSR count). The second kappa shape index (κ2) is 6.88. The topological polar surface area (TPSA) is 50.4 Å². The van der Waals surface area contributed by atoms with Crippen molar-refractivity contribution in [1.82, 2.24) is 10.6 Å². The molecule has 0 aromatic heterocycles. The monoisotopic (exact) mass is 322 g/mol. The lowest BCUT2D eigenvalue weighted by Crippen LogP contribution is -2.45. The fraction of sp³-hybridized carbons (Fsp3) is 0.588. The van der Waals surface area contributed by atoms with Gasteiger partial charge < -0.3 is 15.4 Å². The molecule has 2 N–H and O–H groups in total. The van der Waals surface area contributed by atoms with Crippen LogP contribution in [0.25, 0.3) is 0 Å². The molecule has 2 amide bonds. The van der Waals surface area contributed by atoms with Crippen LogP contribution < -0.4 is 10.6 Å². The Morgan fingerprint density at radius 2 is 2.27 bits per heavy atom. The molecule has 0 spiro atoms. The summed E-state index contributed by atoms with van der Waals surface area (Å²) in [5, 5.41) is 6.71. The molecule has 120 valence electrons. The summed E-state index contributed by atoms with van der Waals surface area (Å²) in [4.78, 5) is 12.1. The second-order valence-corrected chi connectivity index (χ2v) is 6.85. The number of urea groups is 1. The predicted octanol–water partition coefficient (Wildman–Crippen LogP) is 3.52. The van der Waals surface area contributed by atoms with Gasteiger partial charge in [0, 0.05) is 24.7 Å². The average molecular weight is 323 g/mol. The quantitative estimate of drug-likeness (QED) is 0.871. The summed E-state index contributed by atoms with van der Waals surface area (Å²) >= 11 is 6.00. The SMILES string of the molecule is COC(CNC(=O)NC1CC2CCC1C2)c1cccc(Cl)c1. The van der Waals surface area contributed by atoms with Gasteiger partial charge in [-0.1, -0.05) is 30.2 Å². The molecule has 2 bridgehead atoms. The highest BCUT2D eigenvalue weighted by molar-refractivity contribution is 6.30. The number of amides is 2. The third-order valence-corrected chi connectivity index (χ3v) is 5.24. The molecule has 2 saturated carbocycles. The standard InChI is InChI=1S/C17H23ClN2O2/c1-22-16(13-3-2-4-14(18)9-13)10-19-17(21)20-15-8-11-5-6-12(15)7-11/h2-4,9,11-12,15-16H,5-8,10H2,1H3,(H2,19,20,21). The maximum absolute atomic E-state index is 12.1. The molecular formula is C17H23ClN2O2. The van der Waals surface area contributed by atoms with Gasteiger partial charge in [-0.05, 0) is 48.8 Å². The zero-order valence-electron chi connectivity index (χ0n) is 12.8. The highest BCUT2D eigenvalue weighted by atomic mass is 35.5. The first-order chi connectivity index (χ1) is 10.7. The van der Waals surface area contributed by atoms with E-state index in [-0.39, 0.29) is 12.1 Å². The van der Waals surface area contributed by atoms with Gasteiger partial charge in [-0.2, -0.15) is 0 Å². The van der Waals surface area contributed by atoms with Crippen LogP contribution in [0.3, 0.4) is 0 Å². The second-order valence-electron chi connectivity index (χ2n) is 6.42. The number of fused-ring (bicyclic) bond motifs is 2. The summed E-state index contributed by atoms with van der Waals surface area (Å²) in [6, 6.07) is 7.79. The molecule has 4 unspecified atom stereocenters. The Morgan fingerprint density at radius 1 is 1.41 bits per heavy atom. The first kappa shape index (κ1) is 15.6. The molecule has 2 aliphatic rings. The van der Waals surface area contributed by atoms with Crippen molar-refractivity contribution in [3.05, 3.63) is 34.9 Å². The van der Waals surface area contributed by atoms with Crippen LogP contribution in [0.4, 0.5) is 4.79 Å². The number of halogens is 1. The molecule has 0 aliphatic heterocycles. The maximum atomic E-state index is 12.1. The Labute approximate surface area is 136 Å². The summed E-state index contributed by atoms with van der Waals surface area (Å²) in [5.74, 6) is 1.51. The minimum Gasteiger partial charge on any atom is -0.375 e. The third kappa shape index (κ3) is 3.55. The maximum Gasteiger partial charge on any atom is 0.315 e. The number of benzene rings is 1. The van der Waals surface area contributed by atoms with E-state index in [1.165, 1.54) is 19.3 Å². The van der Waals surface area contributed by atoms with Gasteiger partial charge >= 0.3 is 6.03 Å². The number of hydrogen-bond donors (Lipinski definition) is 2. The molecular weight excluding hydrogens is 300 g/mol. The Bertz CT molecular complexity index is 537. The van der Waals surface area contributed by atoms with Gasteiger partial charge in [-0.15, -0.1) is 0 Å². The Balaban J connectivity index is 1.49. The molecule has 4 nitrogen and oxygen atoms in total. The smallest absolute Gasteiger partial charge is 0.315 e. The van der Waals surface area contributed by atoms with E-state index in [1.54, 1.807) is 7.11 Å². The fourth-order valence-corrected chi connectivity index (χ4v) is 4.07. The van der Waals surface area contributed by atoms with Gasteiger partial charge in [0.1, 0.15) is 0 Å². The largest absolute Gasteiger partial charge is 0.375 e. The van der Waals surface area contributed by atoms with Crippen molar-refractivity contribution in [1.29, 1.82) is 0 Å². The zero-order valence-corrected chi connectivity index (χ0v) is 13.6. The van der Waals surface area contributed by atoms with Crippen molar-refractivity contribution in [2.75, 3.05) is 13.7 Å². The van der Waals surface area contributed by atoms with Gasteiger partial charge in [-0.3, -0.25) is 0 Å². The van der Waals surface area contributed by atoms with Gasteiger partial charge in [0.05, 0.1) is 6.10 Å². The lowest BCUT2D eigenvalue weighted by molar-refractivity contribution is 0.103. The molecule has 1 aromatic rings. The summed E-state index contributed by atoms with van der Waals surface area (Å²) in [6.45, 7) is 0.434. The van der Waals surface area contributed by atoms with E-state index >= 15 is 0 Å². The first-order valence-electron chi connectivity index (χ1n) is 7.98. The van der Waals surface area contributed by atoms with Crippen molar-refractivity contribution in [2.24, 2.45) is 11.8 Å². The van der Waals surface area contributed by atoms with Crippen LogP contribution in [0, 0.1) is 11.8 Å². The van der Waals surface area contributed by atoms with E-state index in [4.69, 9.17) is 16.3 Å². The van der Waals surface area contributed by atoms with Gasteiger partial charge in [0.15, 0.2) is 0 Å². The van der Waals surface area contributed by atoms with Crippen LogP contribution in [0.5, 0.6) is 0 Å². The Kier molecular flexibility index (Phi) is 4.89. The molecule has 2 fully saturated rings. The van der Waals surface area contributed by atoms with Crippen LogP contribution >= 0.6 is 11.6 Å². The highest BCUT2D eigenvalue weighted by Crippen LogP contribution is 2.44.